The smallest absolute Gasteiger partial charge is 0.409 e. The summed E-state index contributed by atoms with van der Waals surface area (Å²) >= 11 is 0. The molecule has 0 bridgehead atoms. The van der Waals surface area contributed by atoms with Crippen LogP contribution in [0.5, 0.6) is 0 Å². The van der Waals surface area contributed by atoms with Gasteiger partial charge in [0, 0.05) is 13.1 Å². The van der Waals surface area contributed by atoms with Gasteiger partial charge in [-0.3, -0.25) is 0 Å². The van der Waals surface area contributed by atoms with E-state index in [1.807, 2.05) is 0 Å². The maximum absolute atomic E-state index is 11.7. The lowest BCUT2D eigenvalue weighted by Gasteiger charge is -2.33. The van der Waals surface area contributed by atoms with Gasteiger partial charge in [-0.15, -0.1) is 0 Å². The molecule has 1 saturated carbocycles. The number of ether oxygens (including phenoxy) is 1. The molecule has 1 aliphatic carbocycles. The first kappa shape index (κ1) is 11.7. The van der Waals surface area contributed by atoms with Crippen molar-refractivity contribution in [3.05, 3.63) is 0 Å². The van der Waals surface area contributed by atoms with E-state index in [1.165, 1.54) is 6.42 Å². The highest BCUT2D eigenvalue weighted by molar-refractivity contribution is 5.67. The van der Waals surface area contributed by atoms with Gasteiger partial charge in [0.15, 0.2) is 0 Å². The third-order valence-corrected chi connectivity index (χ3v) is 3.70. The molecule has 16 heavy (non-hydrogen) atoms. The summed E-state index contributed by atoms with van der Waals surface area (Å²) in [5.74, 6) is 0. The molecule has 2 N–H and O–H groups in total. The fourth-order valence-corrected chi connectivity index (χ4v) is 2.60. The molecule has 92 valence electrons. The van der Waals surface area contributed by atoms with Gasteiger partial charge in [0.25, 0.3) is 0 Å². The Hall–Kier alpha value is -0.770. The highest BCUT2D eigenvalue weighted by atomic mass is 16.6. The van der Waals surface area contributed by atoms with Crippen molar-refractivity contribution in [1.82, 2.24) is 4.90 Å². The molecule has 1 amide bonds. The van der Waals surface area contributed by atoms with E-state index in [1.54, 1.807) is 4.90 Å². The SMILES string of the molecule is NC1(COC(=O)N2CCCC2)CCCCC1. The van der Waals surface area contributed by atoms with E-state index in [0.717, 1.165) is 51.6 Å². The van der Waals surface area contributed by atoms with E-state index in [-0.39, 0.29) is 11.6 Å². The number of nitrogens with zero attached hydrogens (tertiary/aromatic N) is 1. The second kappa shape index (κ2) is 5.04. The van der Waals surface area contributed by atoms with Crippen LogP contribution in [0, 0.1) is 0 Å². The molecule has 2 fully saturated rings. The van der Waals surface area contributed by atoms with Crippen LogP contribution in [0.25, 0.3) is 0 Å². The summed E-state index contributed by atoms with van der Waals surface area (Å²) in [6, 6.07) is 0. The Bertz CT molecular complexity index is 243. The van der Waals surface area contributed by atoms with Crippen LogP contribution in [-0.2, 0) is 4.74 Å². The Morgan fingerprint density at radius 1 is 1.12 bits per heavy atom. The van der Waals surface area contributed by atoms with Crippen molar-refractivity contribution < 1.29 is 9.53 Å². The summed E-state index contributed by atoms with van der Waals surface area (Å²) in [6.07, 6.45) is 7.59. The van der Waals surface area contributed by atoms with Crippen molar-refractivity contribution in [2.24, 2.45) is 5.73 Å². The average Bonchev–Trinajstić information content (AvgIpc) is 2.80. The monoisotopic (exact) mass is 226 g/mol. The average molecular weight is 226 g/mol. The molecule has 0 radical (unpaired) electrons. The first-order chi connectivity index (χ1) is 7.70. The zero-order valence-electron chi connectivity index (χ0n) is 9.91. The van der Waals surface area contributed by atoms with Gasteiger partial charge in [-0.2, -0.15) is 0 Å². The summed E-state index contributed by atoms with van der Waals surface area (Å²) < 4.78 is 5.33. The Morgan fingerprint density at radius 2 is 1.75 bits per heavy atom. The van der Waals surface area contributed by atoms with Gasteiger partial charge in [0.2, 0.25) is 0 Å². The molecule has 2 aliphatic rings. The lowest BCUT2D eigenvalue weighted by atomic mass is 9.83. The molecule has 0 spiro atoms. The van der Waals surface area contributed by atoms with Crippen LogP contribution in [0.1, 0.15) is 44.9 Å². The Labute approximate surface area is 97.1 Å². The zero-order valence-corrected chi connectivity index (χ0v) is 9.91. The number of carbonyl (C=O) groups is 1. The van der Waals surface area contributed by atoms with Crippen LogP contribution in [0.3, 0.4) is 0 Å². The van der Waals surface area contributed by atoms with Crippen molar-refractivity contribution in [2.45, 2.75) is 50.5 Å². The number of nitrogens with two attached hydrogens (primary N) is 1. The molecule has 1 saturated heterocycles. The predicted molar refractivity (Wildman–Crippen MR) is 62.2 cm³/mol. The molecule has 4 heteroatoms. The maximum Gasteiger partial charge on any atom is 0.409 e. The zero-order chi connectivity index (χ0) is 11.4. The molecular formula is C12H22N2O2. The summed E-state index contributed by atoms with van der Waals surface area (Å²) in [6.45, 7) is 2.08. The van der Waals surface area contributed by atoms with E-state index in [0.29, 0.717) is 6.61 Å². The van der Waals surface area contributed by atoms with Crippen LogP contribution in [-0.4, -0.2) is 36.2 Å². The molecule has 0 aromatic heterocycles. The number of likely N-dealkylation sites (tertiary alicyclic amines) is 1. The molecule has 0 atom stereocenters. The summed E-state index contributed by atoms with van der Waals surface area (Å²) in [5.41, 5.74) is 5.95. The number of hydrogen-bond acceptors (Lipinski definition) is 3. The second-order valence-electron chi connectivity index (χ2n) is 5.17. The van der Waals surface area contributed by atoms with Crippen molar-refractivity contribution in [2.75, 3.05) is 19.7 Å². The van der Waals surface area contributed by atoms with Gasteiger partial charge in [-0.05, 0) is 25.7 Å². The Kier molecular flexibility index (Phi) is 3.69. The summed E-state index contributed by atoms with van der Waals surface area (Å²) in [7, 11) is 0. The highest BCUT2D eigenvalue weighted by Crippen LogP contribution is 2.26. The van der Waals surface area contributed by atoms with E-state index < -0.39 is 0 Å². The van der Waals surface area contributed by atoms with Crippen molar-refractivity contribution in [1.29, 1.82) is 0 Å². The number of amides is 1. The van der Waals surface area contributed by atoms with Gasteiger partial charge in [-0.25, -0.2) is 4.79 Å². The van der Waals surface area contributed by atoms with E-state index in [9.17, 15) is 4.79 Å². The molecule has 4 nitrogen and oxygen atoms in total. The standard InChI is InChI=1S/C12H22N2O2/c13-12(6-2-1-3-7-12)10-16-11(15)14-8-4-5-9-14/h1-10,13H2. The van der Waals surface area contributed by atoms with Crippen LogP contribution in [0.2, 0.25) is 0 Å². The molecule has 1 heterocycles. The van der Waals surface area contributed by atoms with Crippen LogP contribution in [0.4, 0.5) is 4.79 Å². The van der Waals surface area contributed by atoms with Crippen LogP contribution < -0.4 is 5.73 Å². The second-order valence-corrected chi connectivity index (χ2v) is 5.17. The van der Waals surface area contributed by atoms with Gasteiger partial charge in [-0.1, -0.05) is 19.3 Å². The molecule has 1 aliphatic heterocycles. The minimum atomic E-state index is -0.256. The third kappa shape index (κ3) is 2.88. The molecule has 0 aromatic carbocycles. The summed E-state index contributed by atoms with van der Waals surface area (Å²) in [5, 5.41) is 0. The normalized spacial score (nSPS) is 24.4. The first-order valence-corrected chi connectivity index (χ1v) is 6.40. The first-order valence-electron chi connectivity index (χ1n) is 6.40. The lowest BCUT2D eigenvalue weighted by Crippen LogP contribution is -2.47. The molecule has 0 unspecified atom stereocenters. The predicted octanol–water partition coefficient (Wildman–Crippen LogP) is 1.88. The molecule has 2 rings (SSSR count). The largest absolute Gasteiger partial charge is 0.447 e. The summed E-state index contributed by atoms with van der Waals surface area (Å²) in [4.78, 5) is 13.5. The van der Waals surface area contributed by atoms with E-state index in [2.05, 4.69) is 0 Å². The minimum Gasteiger partial charge on any atom is -0.447 e. The number of hydrogen-bond donors (Lipinski definition) is 1. The van der Waals surface area contributed by atoms with Crippen molar-refractivity contribution in [3.63, 3.8) is 0 Å². The van der Waals surface area contributed by atoms with E-state index in [4.69, 9.17) is 10.5 Å². The van der Waals surface area contributed by atoms with Crippen LogP contribution in [0.15, 0.2) is 0 Å². The fraction of sp³-hybridized carbons (Fsp3) is 0.917. The highest BCUT2D eigenvalue weighted by Gasteiger charge is 2.30. The van der Waals surface area contributed by atoms with Crippen molar-refractivity contribution in [3.8, 4) is 0 Å². The fourth-order valence-electron chi connectivity index (χ4n) is 2.60. The van der Waals surface area contributed by atoms with E-state index >= 15 is 0 Å². The Morgan fingerprint density at radius 3 is 2.38 bits per heavy atom. The third-order valence-electron chi connectivity index (χ3n) is 3.70. The van der Waals surface area contributed by atoms with Crippen LogP contribution >= 0.6 is 0 Å². The quantitative estimate of drug-likeness (QED) is 0.782. The van der Waals surface area contributed by atoms with Gasteiger partial charge < -0.3 is 15.4 Å². The van der Waals surface area contributed by atoms with Gasteiger partial charge in [0.1, 0.15) is 6.61 Å². The van der Waals surface area contributed by atoms with Gasteiger partial charge >= 0.3 is 6.09 Å². The Balaban J connectivity index is 1.75. The topological polar surface area (TPSA) is 55.6 Å². The van der Waals surface area contributed by atoms with Gasteiger partial charge in [0.05, 0.1) is 5.54 Å². The maximum atomic E-state index is 11.7. The number of carbonyl (C=O) groups excluding carboxylic acids is 1. The molecule has 0 aromatic rings. The minimum absolute atomic E-state index is 0.173. The van der Waals surface area contributed by atoms with Crippen molar-refractivity contribution >= 4 is 6.09 Å². The number of rotatable bonds is 2. The molecular weight excluding hydrogens is 204 g/mol. The lowest BCUT2D eigenvalue weighted by molar-refractivity contribution is 0.0758.